The molecule has 2 aromatic carbocycles. The zero-order valence-electron chi connectivity index (χ0n) is 12.5. The fraction of sp³-hybridized carbons (Fsp3) is 0.333. The molecule has 0 amide bonds. The second-order valence-electron chi connectivity index (χ2n) is 5.51. The predicted molar refractivity (Wildman–Crippen MR) is 92.5 cm³/mol. The summed E-state index contributed by atoms with van der Waals surface area (Å²) in [6, 6.07) is 14.5. The average molecular weight is 322 g/mol. The van der Waals surface area contributed by atoms with Crippen LogP contribution in [-0.4, -0.2) is 13.6 Å². The Kier molecular flexibility index (Phi) is 6.10. The monoisotopic (exact) mass is 321 g/mol. The van der Waals surface area contributed by atoms with E-state index >= 15 is 0 Å². The Bertz CT molecular complexity index is 596. The van der Waals surface area contributed by atoms with Crippen molar-refractivity contribution in [2.24, 2.45) is 5.92 Å². The molecule has 0 fully saturated rings. The molecule has 0 heterocycles. The molecule has 1 atom stereocenters. The van der Waals surface area contributed by atoms with Crippen LogP contribution in [0.25, 0.3) is 0 Å². The van der Waals surface area contributed by atoms with Crippen molar-refractivity contribution in [2.75, 3.05) is 13.6 Å². The lowest BCUT2D eigenvalue weighted by atomic mass is 9.91. The SMILES string of the molecule is CNCC(Cc1ccc(Cl)c(Cl)c1)Cc1ccccc1C. The van der Waals surface area contributed by atoms with Gasteiger partial charge in [0.1, 0.15) is 0 Å². The van der Waals surface area contributed by atoms with Crippen molar-refractivity contribution in [3.05, 3.63) is 69.2 Å². The van der Waals surface area contributed by atoms with Gasteiger partial charge in [-0.05, 0) is 68.1 Å². The Hall–Kier alpha value is -1.02. The second-order valence-corrected chi connectivity index (χ2v) is 6.32. The van der Waals surface area contributed by atoms with Crippen LogP contribution in [0.3, 0.4) is 0 Å². The maximum absolute atomic E-state index is 6.11. The minimum atomic E-state index is 0.536. The lowest BCUT2D eigenvalue weighted by Crippen LogP contribution is -2.23. The maximum Gasteiger partial charge on any atom is 0.0595 e. The molecular weight excluding hydrogens is 301 g/mol. The largest absolute Gasteiger partial charge is 0.319 e. The summed E-state index contributed by atoms with van der Waals surface area (Å²) in [5, 5.41) is 4.54. The third-order valence-electron chi connectivity index (χ3n) is 3.77. The molecule has 0 aromatic heterocycles. The van der Waals surface area contributed by atoms with Crippen LogP contribution >= 0.6 is 23.2 Å². The molecule has 3 heteroatoms. The van der Waals surface area contributed by atoms with Gasteiger partial charge < -0.3 is 5.32 Å². The van der Waals surface area contributed by atoms with E-state index < -0.39 is 0 Å². The standard InChI is InChI=1S/C18H21Cl2N/c1-13-5-3-4-6-16(13)10-15(12-21-2)9-14-7-8-17(19)18(20)11-14/h3-8,11,15,21H,9-10,12H2,1-2H3. The van der Waals surface area contributed by atoms with E-state index in [0.717, 1.165) is 19.4 Å². The number of rotatable bonds is 6. The molecule has 1 unspecified atom stereocenters. The molecule has 2 aromatic rings. The third kappa shape index (κ3) is 4.74. The fourth-order valence-corrected chi connectivity index (χ4v) is 2.98. The fourth-order valence-electron chi connectivity index (χ4n) is 2.66. The first-order chi connectivity index (χ1) is 10.1. The van der Waals surface area contributed by atoms with E-state index in [4.69, 9.17) is 23.2 Å². The number of hydrogen-bond donors (Lipinski definition) is 1. The third-order valence-corrected chi connectivity index (χ3v) is 4.51. The van der Waals surface area contributed by atoms with Gasteiger partial charge in [-0.1, -0.05) is 53.5 Å². The Morgan fingerprint density at radius 3 is 2.43 bits per heavy atom. The van der Waals surface area contributed by atoms with E-state index in [1.807, 2.05) is 19.2 Å². The normalized spacial score (nSPS) is 12.4. The van der Waals surface area contributed by atoms with Crippen LogP contribution in [0.1, 0.15) is 16.7 Å². The molecule has 0 aliphatic rings. The summed E-state index contributed by atoms with van der Waals surface area (Å²) < 4.78 is 0. The highest BCUT2D eigenvalue weighted by molar-refractivity contribution is 6.42. The van der Waals surface area contributed by atoms with Gasteiger partial charge in [0.25, 0.3) is 0 Å². The summed E-state index contributed by atoms with van der Waals surface area (Å²) in [7, 11) is 2.00. The van der Waals surface area contributed by atoms with Gasteiger partial charge in [0, 0.05) is 0 Å². The van der Waals surface area contributed by atoms with Crippen molar-refractivity contribution in [1.82, 2.24) is 5.32 Å². The summed E-state index contributed by atoms with van der Waals surface area (Å²) in [5.74, 6) is 0.536. The van der Waals surface area contributed by atoms with Gasteiger partial charge in [0.2, 0.25) is 0 Å². The summed E-state index contributed by atoms with van der Waals surface area (Å²) in [5.41, 5.74) is 4.00. The minimum absolute atomic E-state index is 0.536. The number of nitrogens with one attached hydrogen (secondary N) is 1. The van der Waals surface area contributed by atoms with Crippen molar-refractivity contribution in [1.29, 1.82) is 0 Å². The van der Waals surface area contributed by atoms with Gasteiger partial charge in [-0.25, -0.2) is 0 Å². The molecule has 21 heavy (non-hydrogen) atoms. The van der Waals surface area contributed by atoms with Crippen molar-refractivity contribution in [2.45, 2.75) is 19.8 Å². The summed E-state index contributed by atoms with van der Waals surface area (Å²) in [6.07, 6.45) is 2.06. The van der Waals surface area contributed by atoms with Crippen LogP contribution in [0.4, 0.5) is 0 Å². The smallest absolute Gasteiger partial charge is 0.0595 e. The zero-order chi connectivity index (χ0) is 15.2. The first kappa shape index (κ1) is 16.4. The lowest BCUT2D eigenvalue weighted by Gasteiger charge is -2.18. The molecular formula is C18H21Cl2N. The molecule has 1 nitrogen and oxygen atoms in total. The van der Waals surface area contributed by atoms with Gasteiger partial charge >= 0.3 is 0 Å². The maximum atomic E-state index is 6.11. The molecule has 0 saturated heterocycles. The summed E-state index contributed by atoms with van der Waals surface area (Å²) in [4.78, 5) is 0. The first-order valence-electron chi connectivity index (χ1n) is 7.23. The molecule has 2 rings (SSSR count). The molecule has 0 bridgehead atoms. The van der Waals surface area contributed by atoms with Gasteiger partial charge in [-0.15, -0.1) is 0 Å². The highest BCUT2D eigenvalue weighted by Gasteiger charge is 2.12. The Morgan fingerprint density at radius 1 is 1.00 bits per heavy atom. The van der Waals surface area contributed by atoms with E-state index in [-0.39, 0.29) is 0 Å². The molecule has 1 N–H and O–H groups in total. The van der Waals surface area contributed by atoms with E-state index in [1.165, 1.54) is 16.7 Å². The molecule has 0 saturated carbocycles. The molecule has 0 spiro atoms. The van der Waals surface area contributed by atoms with Gasteiger partial charge in [-0.3, -0.25) is 0 Å². The molecule has 0 aliphatic heterocycles. The average Bonchev–Trinajstić information content (AvgIpc) is 2.46. The summed E-state index contributed by atoms with van der Waals surface area (Å²) in [6.45, 7) is 3.15. The van der Waals surface area contributed by atoms with E-state index in [1.54, 1.807) is 0 Å². The van der Waals surface area contributed by atoms with E-state index in [0.29, 0.717) is 16.0 Å². The molecule has 112 valence electrons. The van der Waals surface area contributed by atoms with Gasteiger partial charge in [0.15, 0.2) is 0 Å². The molecule has 0 radical (unpaired) electrons. The number of aryl methyl sites for hydroxylation is 1. The van der Waals surface area contributed by atoms with Gasteiger partial charge in [0.05, 0.1) is 10.0 Å². The van der Waals surface area contributed by atoms with E-state index in [2.05, 4.69) is 42.6 Å². The first-order valence-corrected chi connectivity index (χ1v) is 7.98. The number of hydrogen-bond acceptors (Lipinski definition) is 1. The number of benzene rings is 2. The minimum Gasteiger partial charge on any atom is -0.319 e. The van der Waals surface area contributed by atoms with E-state index in [9.17, 15) is 0 Å². The predicted octanol–water partition coefficient (Wildman–Crippen LogP) is 4.92. The second kappa shape index (κ2) is 7.84. The van der Waals surface area contributed by atoms with Crippen molar-refractivity contribution >= 4 is 23.2 Å². The quantitative estimate of drug-likeness (QED) is 0.796. The Morgan fingerprint density at radius 2 is 1.76 bits per heavy atom. The summed E-state index contributed by atoms with van der Waals surface area (Å²) >= 11 is 12.1. The van der Waals surface area contributed by atoms with Crippen molar-refractivity contribution in [3.8, 4) is 0 Å². The van der Waals surface area contributed by atoms with Crippen LogP contribution in [0.15, 0.2) is 42.5 Å². The highest BCUT2D eigenvalue weighted by Crippen LogP contribution is 2.25. The van der Waals surface area contributed by atoms with Crippen LogP contribution in [0.2, 0.25) is 10.0 Å². The van der Waals surface area contributed by atoms with Crippen molar-refractivity contribution in [3.63, 3.8) is 0 Å². The number of halogens is 2. The lowest BCUT2D eigenvalue weighted by molar-refractivity contribution is 0.492. The Balaban J connectivity index is 2.11. The topological polar surface area (TPSA) is 12.0 Å². The van der Waals surface area contributed by atoms with Crippen molar-refractivity contribution < 1.29 is 0 Å². The highest BCUT2D eigenvalue weighted by atomic mass is 35.5. The Labute approximate surface area is 137 Å². The van der Waals surface area contributed by atoms with Crippen LogP contribution in [0, 0.1) is 12.8 Å². The van der Waals surface area contributed by atoms with Crippen LogP contribution < -0.4 is 5.32 Å². The molecule has 0 aliphatic carbocycles. The van der Waals surface area contributed by atoms with Crippen LogP contribution in [-0.2, 0) is 12.8 Å². The van der Waals surface area contributed by atoms with Crippen LogP contribution in [0.5, 0.6) is 0 Å². The zero-order valence-corrected chi connectivity index (χ0v) is 14.0. The van der Waals surface area contributed by atoms with Gasteiger partial charge in [-0.2, -0.15) is 0 Å².